The fraction of sp³-hybridized carbons (Fsp3) is 0.462. The molecule has 80 valence electrons. The first-order valence-electron chi connectivity index (χ1n) is 5.79. The zero-order valence-corrected chi connectivity index (χ0v) is 9.39. The monoisotopic (exact) mass is 213 g/mol. The predicted octanol–water partition coefficient (Wildman–Crippen LogP) is 2.54. The van der Waals surface area contributed by atoms with Gasteiger partial charge in [-0.05, 0) is 31.4 Å². The maximum absolute atomic E-state index is 13.8. The van der Waals surface area contributed by atoms with Gasteiger partial charge in [0.2, 0.25) is 0 Å². The summed E-state index contributed by atoms with van der Waals surface area (Å²) >= 11 is 0. The molecular formula is C13H13BFN. The van der Waals surface area contributed by atoms with E-state index in [-0.39, 0.29) is 11.2 Å². The van der Waals surface area contributed by atoms with Crippen LogP contribution in [0.25, 0.3) is 0 Å². The normalized spacial score (nSPS) is 21.2. The van der Waals surface area contributed by atoms with Crippen LogP contribution in [0.2, 0.25) is 0 Å². The van der Waals surface area contributed by atoms with E-state index >= 15 is 0 Å². The van der Waals surface area contributed by atoms with Gasteiger partial charge in [0.15, 0.2) is 0 Å². The highest BCUT2D eigenvalue weighted by atomic mass is 19.1. The highest BCUT2D eigenvalue weighted by Gasteiger charge is 2.44. The van der Waals surface area contributed by atoms with Crippen molar-refractivity contribution in [1.82, 2.24) is 0 Å². The van der Waals surface area contributed by atoms with Crippen molar-refractivity contribution in [3.63, 3.8) is 0 Å². The number of rotatable bonds is 0. The van der Waals surface area contributed by atoms with E-state index in [0.717, 1.165) is 24.1 Å². The molecule has 16 heavy (non-hydrogen) atoms. The van der Waals surface area contributed by atoms with Gasteiger partial charge in [0.1, 0.15) is 19.4 Å². The first-order valence-corrected chi connectivity index (χ1v) is 5.79. The van der Waals surface area contributed by atoms with Gasteiger partial charge in [0.25, 0.3) is 0 Å². The number of hydrogen-bond donors (Lipinski definition) is 0. The second-order valence-corrected chi connectivity index (χ2v) is 4.89. The molecule has 3 rings (SSSR count). The molecule has 0 aromatic heterocycles. The molecule has 1 aliphatic carbocycles. The summed E-state index contributed by atoms with van der Waals surface area (Å²) in [4.78, 5) is 4.41. The molecule has 0 unspecified atom stereocenters. The van der Waals surface area contributed by atoms with Crippen LogP contribution in [0.15, 0.2) is 17.1 Å². The molecule has 0 atom stereocenters. The van der Waals surface area contributed by atoms with Crippen molar-refractivity contribution in [3.05, 3.63) is 23.5 Å². The van der Waals surface area contributed by atoms with Gasteiger partial charge in [-0.15, -0.1) is 0 Å². The Morgan fingerprint density at radius 2 is 2.00 bits per heavy atom. The largest absolute Gasteiger partial charge is 0.254 e. The molecule has 1 aromatic carbocycles. The van der Waals surface area contributed by atoms with E-state index in [1.54, 1.807) is 0 Å². The molecule has 0 saturated heterocycles. The van der Waals surface area contributed by atoms with Crippen LogP contribution in [0.4, 0.5) is 10.1 Å². The van der Waals surface area contributed by atoms with Crippen LogP contribution in [0, 0.1) is 5.82 Å². The summed E-state index contributed by atoms with van der Waals surface area (Å²) in [5.74, 6) is -0.280. The van der Waals surface area contributed by atoms with Crippen molar-refractivity contribution in [1.29, 1.82) is 0 Å². The smallest absolute Gasteiger partial charge is 0.148 e. The summed E-state index contributed by atoms with van der Waals surface area (Å²) in [7, 11) is 5.74. The molecule has 2 radical (unpaired) electrons. The Bertz CT molecular complexity index is 487. The van der Waals surface area contributed by atoms with Crippen molar-refractivity contribution in [2.45, 2.75) is 38.0 Å². The molecule has 1 fully saturated rings. The number of fused-ring (bicyclic) bond motifs is 2. The molecule has 1 aromatic rings. The van der Waals surface area contributed by atoms with Crippen molar-refractivity contribution in [3.8, 4) is 0 Å². The summed E-state index contributed by atoms with van der Waals surface area (Å²) in [6, 6.07) is 3.27. The SMILES string of the molecule is [B]c1cc(F)c2c(c1)C1(CCCC1)C(C)=N2. The molecule has 0 N–H and O–H groups in total. The van der Waals surface area contributed by atoms with Gasteiger partial charge in [-0.1, -0.05) is 24.4 Å². The third-order valence-electron chi connectivity index (χ3n) is 4.03. The zero-order chi connectivity index (χ0) is 11.3. The van der Waals surface area contributed by atoms with Crippen LogP contribution in [-0.4, -0.2) is 13.6 Å². The van der Waals surface area contributed by atoms with Gasteiger partial charge in [-0.2, -0.15) is 0 Å². The molecule has 0 bridgehead atoms. The predicted molar refractivity (Wildman–Crippen MR) is 64.7 cm³/mol. The summed E-state index contributed by atoms with van der Waals surface area (Å²) in [5.41, 5.74) is 3.09. The van der Waals surface area contributed by atoms with Gasteiger partial charge in [-0.25, -0.2) is 4.39 Å². The first kappa shape index (κ1) is 10.1. The summed E-state index contributed by atoms with van der Waals surface area (Å²) in [6.45, 7) is 2.01. The molecule has 3 heteroatoms. The molecular weight excluding hydrogens is 200 g/mol. The van der Waals surface area contributed by atoms with Gasteiger partial charge < -0.3 is 0 Å². The second-order valence-electron chi connectivity index (χ2n) is 4.89. The van der Waals surface area contributed by atoms with Crippen LogP contribution >= 0.6 is 0 Å². The maximum Gasteiger partial charge on any atom is 0.148 e. The standard InChI is InChI=1S/C13H13BFN/c1-8-13(4-2-3-5-13)10-6-9(14)7-11(15)12(10)16-8/h6-7H,2-5H2,1H3. The molecule has 1 spiro atoms. The van der Waals surface area contributed by atoms with Crippen LogP contribution in [0.1, 0.15) is 38.2 Å². The highest BCUT2D eigenvalue weighted by molar-refractivity contribution is 6.32. The van der Waals surface area contributed by atoms with E-state index in [9.17, 15) is 4.39 Å². The zero-order valence-electron chi connectivity index (χ0n) is 9.39. The molecule has 1 saturated carbocycles. The number of aliphatic imine (C=N–C) groups is 1. The lowest BCUT2D eigenvalue weighted by Gasteiger charge is -2.25. The van der Waals surface area contributed by atoms with Crippen LogP contribution in [0.3, 0.4) is 0 Å². The molecule has 1 nitrogen and oxygen atoms in total. The highest BCUT2D eigenvalue weighted by Crippen LogP contribution is 2.50. The van der Waals surface area contributed by atoms with Gasteiger partial charge in [0.05, 0.1) is 0 Å². The van der Waals surface area contributed by atoms with Gasteiger partial charge in [0, 0.05) is 11.1 Å². The Labute approximate surface area is 96.2 Å². The van der Waals surface area contributed by atoms with E-state index in [2.05, 4.69) is 4.99 Å². The molecule has 2 aliphatic rings. The minimum Gasteiger partial charge on any atom is -0.254 e. The fourth-order valence-electron chi connectivity index (χ4n) is 3.18. The fourth-order valence-corrected chi connectivity index (χ4v) is 3.18. The average molecular weight is 213 g/mol. The van der Waals surface area contributed by atoms with Crippen LogP contribution < -0.4 is 5.46 Å². The Hall–Kier alpha value is -1.12. The number of halogens is 1. The minimum absolute atomic E-state index is 0.00838. The van der Waals surface area contributed by atoms with Crippen molar-refractivity contribution < 1.29 is 4.39 Å². The lowest BCUT2D eigenvalue weighted by Crippen LogP contribution is -2.28. The van der Waals surface area contributed by atoms with Crippen LogP contribution in [-0.2, 0) is 5.41 Å². The van der Waals surface area contributed by atoms with Gasteiger partial charge in [-0.3, -0.25) is 4.99 Å². The topological polar surface area (TPSA) is 12.4 Å². The van der Waals surface area contributed by atoms with Crippen molar-refractivity contribution >= 4 is 24.7 Å². The summed E-state index contributed by atoms with van der Waals surface area (Å²) < 4.78 is 13.8. The quantitative estimate of drug-likeness (QED) is 0.587. The van der Waals surface area contributed by atoms with E-state index < -0.39 is 0 Å². The second kappa shape index (κ2) is 3.19. The van der Waals surface area contributed by atoms with E-state index in [1.807, 2.05) is 13.0 Å². The molecule has 1 aliphatic heterocycles. The Balaban J connectivity index is 2.25. The van der Waals surface area contributed by atoms with Gasteiger partial charge >= 0.3 is 0 Å². The molecule has 1 heterocycles. The van der Waals surface area contributed by atoms with Crippen molar-refractivity contribution in [2.75, 3.05) is 0 Å². The summed E-state index contributed by atoms with van der Waals surface area (Å²) in [6.07, 6.45) is 4.56. The average Bonchev–Trinajstić information content (AvgIpc) is 2.79. The van der Waals surface area contributed by atoms with E-state index in [4.69, 9.17) is 7.85 Å². The summed E-state index contributed by atoms with van der Waals surface area (Å²) in [5, 5.41) is 0. The lowest BCUT2D eigenvalue weighted by atomic mass is 9.75. The Morgan fingerprint density at radius 3 is 2.69 bits per heavy atom. The van der Waals surface area contributed by atoms with Crippen LogP contribution in [0.5, 0.6) is 0 Å². The maximum atomic E-state index is 13.8. The Morgan fingerprint density at radius 1 is 1.31 bits per heavy atom. The third-order valence-corrected chi connectivity index (χ3v) is 4.03. The first-order chi connectivity index (χ1) is 7.63. The molecule has 0 amide bonds. The number of benzene rings is 1. The minimum atomic E-state index is -0.280. The van der Waals surface area contributed by atoms with Crippen molar-refractivity contribution in [2.24, 2.45) is 4.99 Å². The number of nitrogens with zero attached hydrogens (tertiary/aromatic N) is 1. The van der Waals surface area contributed by atoms with E-state index in [0.29, 0.717) is 11.2 Å². The number of hydrogen-bond acceptors (Lipinski definition) is 1. The van der Waals surface area contributed by atoms with E-state index in [1.165, 1.54) is 18.9 Å². The Kier molecular flexibility index (Phi) is 2.01. The third kappa shape index (κ3) is 1.14. The lowest BCUT2D eigenvalue weighted by molar-refractivity contribution is 0.598.